The fraction of sp³-hybridized carbons (Fsp3) is 0.278. The van der Waals surface area contributed by atoms with Crippen LogP contribution in [0.15, 0.2) is 64.5 Å². The zero-order valence-electron chi connectivity index (χ0n) is 14.7. The fourth-order valence-electron chi connectivity index (χ4n) is 2.31. The number of alkyl halides is 2. The fourth-order valence-corrected chi connectivity index (χ4v) is 3.49. The predicted molar refractivity (Wildman–Crippen MR) is 99.8 cm³/mol. The van der Waals surface area contributed by atoms with Crippen molar-refractivity contribution >= 4 is 15.8 Å². The maximum Gasteiger partial charge on any atom is 0.387 e. The summed E-state index contributed by atoms with van der Waals surface area (Å²) in [5.41, 5.74) is 0.526. The highest BCUT2D eigenvalue weighted by atomic mass is 32.2. The molecule has 0 aliphatic carbocycles. The van der Waals surface area contributed by atoms with Crippen molar-refractivity contribution in [3.63, 3.8) is 0 Å². The highest BCUT2D eigenvalue weighted by Gasteiger charge is 2.14. The van der Waals surface area contributed by atoms with Gasteiger partial charge in [0.15, 0.2) is 15.8 Å². The second-order valence-corrected chi connectivity index (χ2v) is 7.58. The molecule has 0 unspecified atom stereocenters. The molecule has 2 N–H and O–H groups in total. The zero-order chi connectivity index (χ0) is 19.7. The van der Waals surface area contributed by atoms with Gasteiger partial charge in [0.1, 0.15) is 5.75 Å². The minimum Gasteiger partial charge on any atom is -0.434 e. The van der Waals surface area contributed by atoms with Gasteiger partial charge in [-0.05, 0) is 18.2 Å². The van der Waals surface area contributed by atoms with E-state index in [1.165, 1.54) is 13.1 Å². The minimum atomic E-state index is -3.40. The van der Waals surface area contributed by atoms with E-state index < -0.39 is 16.4 Å². The molecule has 0 bridgehead atoms. The molecule has 9 heteroatoms. The lowest BCUT2D eigenvalue weighted by Gasteiger charge is -2.14. The summed E-state index contributed by atoms with van der Waals surface area (Å²) in [4.78, 5) is 4.25. The molecule has 2 aromatic rings. The summed E-state index contributed by atoms with van der Waals surface area (Å²) in [5, 5.41) is 5.84. The van der Waals surface area contributed by atoms with E-state index in [0.717, 1.165) is 0 Å². The first-order chi connectivity index (χ1) is 12.9. The summed E-state index contributed by atoms with van der Waals surface area (Å²) in [6, 6.07) is 14.6. The summed E-state index contributed by atoms with van der Waals surface area (Å²) in [5.74, 6) is 0.315. The Balaban J connectivity index is 1.88. The van der Waals surface area contributed by atoms with E-state index >= 15 is 0 Å². The summed E-state index contributed by atoms with van der Waals surface area (Å²) in [6.07, 6.45) is 0. The number of guanidine groups is 1. The molecule has 0 heterocycles. The summed E-state index contributed by atoms with van der Waals surface area (Å²) >= 11 is 0. The Bertz CT molecular complexity index is 859. The first kappa shape index (κ1) is 20.6. The van der Waals surface area contributed by atoms with Crippen LogP contribution >= 0.6 is 0 Å². The molecule has 0 fully saturated rings. The molecule has 146 valence electrons. The lowest BCUT2D eigenvalue weighted by molar-refractivity contribution is -0.0504. The van der Waals surface area contributed by atoms with E-state index in [-0.39, 0.29) is 29.5 Å². The van der Waals surface area contributed by atoms with E-state index in [0.29, 0.717) is 11.5 Å². The number of sulfone groups is 1. The molecule has 0 radical (unpaired) electrons. The quantitative estimate of drug-likeness (QED) is 0.528. The van der Waals surface area contributed by atoms with Gasteiger partial charge in [-0.1, -0.05) is 36.4 Å². The van der Waals surface area contributed by atoms with Gasteiger partial charge >= 0.3 is 6.61 Å². The predicted octanol–water partition coefficient (Wildman–Crippen LogP) is 2.43. The zero-order valence-corrected chi connectivity index (χ0v) is 15.5. The Kier molecular flexibility index (Phi) is 7.54. The average Bonchev–Trinajstić information content (AvgIpc) is 2.66. The van der Waals surface area contributed by atoms with Crippen molar-refractivity contribution in [2.45, 2.75) is 18.1 Å². The molecule has 0 saturated heterocycles. The smallest absolute Gasteiger partial charge is 0.387 e. The van der Waals surface area contributed by atoms with E-state index in [9.17, 15) is 17.2 Å². The number of hydrogen-bond acceptors (Lipinski definition) is 4. The molecule has 0 atom stereocenters. The SMILES string of the molecule is CN=C(NCCS(=O)(=O)c1ccccc1)NCc1ccccc1OC(F)F. The van der Waals surface area contributed by atoms with Gasteiger partial charge in [0.2, 0.25) is 0 Å². The number of aliphatic imine (C=N–C) groups is 1. The number of rotatable bonds is 8. The Morgan fingerprint density at radius 1 is 1.07 bits per heavy atom. The molecule has 27 heavy (non-hydrogen) atoms. The Morgan fingerprint density at radius 3 is 2.41 bits per heavy atom. The molecule has 6 nitrogen and oxygen atoms in total. The van der Waals surface area contributed by atoms with Gasteiger partial charge in [-0.15, -0.1) is 0 Å². The third-order valence-electron chi connectivity index (χ3n) is 3.62. The Hall–Kier alpha value is -2.68. The minimum absolute atomic E-state index is 0.0714. The number of benzene rings is 2. The van der Waals surface area contributed by atoms with Crippen LogP contribution in [0.3, 0.4) is 0 Å². The second-order valence-electron chi connectivity index (χ2n) is 5.47. The van der Waals surface area contributed by atoms with E-state index in [4.69, 9.17) is 0 Å². The third-order valence-corrected chi connectivity index (χ3v) is 5.36. The number of halogens is 2. The lowest BCUT2D eigenvalue weighted by atomic mass is 10.2. The third kappa shape index (κ3) is 6.52. The van der Waals surface area contributed by atoms with Gasteiger partial charge in [0, 0.05) is 25.7 Å². The van der Waals surface area contributed by atoms with Crippen molar-refractivity contribution in [2.24, 2.45) is 4.99 Å². The van der Waals surface area contributed by atoms with Gasteiger partial charge < -0.3 is 15.4 Å². The van der Waals surface area contributed by atoms with Crippen molar-refractivity contribution in [3.8, 4) is 5.75 Å². The molecular formula is C18H21F2N3O3S. The van der Waals surface area contributed by atoms with Crippen LogP contribution in [0.2, 0.25) is 0 Å². The Labute approximate surface area is 157 Å². The van der Waals surface area contributed by atoms with Crippen molar-refractivity contribution < 1.29 is 21.9 Å². The van der Waals surface area contributed by atoms with Crippen LogP contribution < -0.4 is 15.4 Å². The van der Waals surface area contributed by atoms with Gasteiger partial charge in [0.25, 0.3) is 0 Å². The number of para-hydroxylation sites is 1. The molecule has 0 aromatic heterocycles. The summed E-state index contributed by atoms with van der Waals surface area (Å²) in [7, 11) is -1.87. The highest BCUT2D eigenvalue weighted by molar-refractivity contribution is 7.91. The van der Waals surface area contributed by atoms with Crippen molar-refractivity contribution in [2.75, 3.05) is 19.3 Å². The first-order valence-electron chi connectivity index (χ1n) is 8.17. The van der Waals surface area contributed by atoms with Gasteiger partial charge in [0.05, 0.1) is 10.6 Å². The summed E-state index contributed by atoms with van der Waals surface area (Å²) in [6.45, 7) is -2.58. The van der Waals surface area contributed by atoms with Gasteiger partial charge in [-0.3, -0.25) is 4.99 Å². The summed E-state index contributed by atoms with van der Waals surface area (Å²) < 4.78 is 53.9. The number of nitrogens with zero attached hydrogens (tertiary/aromatic N) is 1. The van der Waals surface area contributed by atoms with Crippen LogP contribution in [0.1, 0.15) is 5.56 Å². The monoisotopic (exact) mass is 397 g/mol. The van der Waals surface area contributed by atoms with E-state index in [1.54, 1.807) is 48.5 Å². The van der Waals surface area contributed by atoms with Crippen LogP contribution in [0.5, 0.6) is 5.75 Å². The van der Waals surface area contributed by atoms with Crippen LogP contribution in [-0.2, 0) is 16.4 Å². The second kappa shape index (κ2) is 9.86. The van der Waals surface area contributed by atoms with Crippen LogP contribution in [-0.4, -0.2) is 40.3 Å². The van der Waals surface area contributed by atoms with Gasteiger partial charge in [-0.2, -0.15) is 8.78 Å². The molecule has 2 rings (SSSR count). The molecule has 2 aromatic carbocycles. The number of nitrogens with one attached hydrogen (secondary N) is 2. The molecular weight excluding hydrogens is 376 g/mol. The van der Waals surface area contributed by atoms with Crippen molar-refractivity contribution in [1.29, 1.82) is 0 Å². The highest BCUT2D eigenvalue weighted by Crippen LogP contribution is 2.19. The molecule has 0 saturated carbocycles. The maximum absolute atomic E-state index is 12.4. The average molecular weight is 397 g/mol. The topological polar surface area (TPSA) is 79.8 Å². The van der Waals surface area contributed by atoms with Crippen molar-refractivity contribution in [1.82, 2.24) is 10.6 Å². The molecule has 0 aliphatic heterocycles. The first-order valence-corrected chi connectivity index (χ1v) is 9.82. The van der Waals surface area contributed by atoms with E-state index in [1.807, 2.05) is 0 Å². The lowest BCUT2D eigenvalue weighted by Crippen LogP contribution is -2.39. The normalized spacial score (nSPS) is 12.1. The number of ether oxygens (including phenoxy) is 1. The van der Waals surface area contributed by atoms with Crippen LogP contribution in [0, 0.1) is 0 Å². The molecule has 0 aliphatic rings. The van der Waals surface area contributed by atoms with Crippen LogP contribution in [0.25, 0.3) is 0 Å². The molecule has 0 spiro atoms. The number of hydrogen-bond donors (Lipinski definition) is 2. The van der Waals surface area contributed by atoms with Crippen molar-refractivity contribution in [3.05, 3.63) is 60.2 Å². The largest absolute Gasteiger partial charge is 0.434 e. The molecule has 0 amide bonds. The maximum atomic E-state index is 12.4. The van der Waals surface area contributed by atoms with Crippen LogP contribution in [0.4, 0.5) is 8.78 Å². The van der Waals surface area contributed by atoms with Gasteiger partial charge in [-0.25, -0.2) is 8.42 Å². The Morgan fingerprint density at radius 2 is 1.74 bits per heavy atom. The standard InChI is InChI=1S/C18H21F2N3O3S/c1-21-18(22-11-12-27(24,25)15-8-3-2-4-9-15)23-13-14-7-5-6-10-16(14)26-17(19)20/h2-10,17H,11-13H2,1H3,(H2,21,22,23). The van der Waals surface area contributed by atoms with E-state index in [2.05, 4.69) is 20.4 Å².